The van der Waals surface area contributed by atoms with Crippen molar-refractivity contribution in [1.29, 1.82) is 0 Å². The number of carbonyl (C=O) groups is 1. The minimum atomic E-state index is -0.408. The van der Waals surface area contributed by atoms with Crippen LogP contribution in [0.1, 0.15) is 20.8 Å². The van der Waals surface area contributed by atoms with E-state index in [0.717, 1.165) is 20.4 Å². The van der Waals surface area contributed by atoms with Gasteiger partial charge in [0.2, 0.25) is 5.91 Å². The second-order valence-corrected chi connectivity index (χ2v) is 7.01. The van der Waals surface area contributed by atoms with Crippen molar-refractivity contribution < 1.29 is 4.79 Å². The molecule has 0 heterocycles. The highest BCUT2D eigenvalue weighted by molar-refractivity contribution is 14.1. The van der Waals surface area contributed by atoms with Gasteiger partial charge < -0.3 is 5.32 Å². The van der Waals surface area contributed by atoms with Crippen LogP contribution in [0.15, 0.2) is 48.5 Å². The summed E-state index contributed by atoms with van der Waals surface area (Å²) in [5.74, 6) is 0.0247. The summed E-state index contributed by atoms with van der Waals surface area (Å²) >= 11 is 2.26. The van der Waals surface area contributed by atoms with Gasteiger partial charge in [-0.3, -0.25) is 4.79 Å². The molecule has 1 amide bonds. The maximum Gasteiger partial charge on any atom is 0.229 e. The molecule has 2 aromatic rings. The Morgan fingerprint density at radius 1 is 1.05 bits per heavy atom. The Labute approximate surface area is 133 Å². The van der Waals surface area contributed by atoms with Crippen LogP contribution in [-0.2, 0) is 4.79 Å². The number of rotatable bonds is 2. The van der Waals surface area contributed by atoms with Gasteiger partial charge >= 0.3 is 0 Å². The average molecular weight is 379 g/mol. The van der Waals surface area contributed by atoms with E-state index < -0.39 is 5.41 Å². The zero-order valence-corrected chi connectivity index (χ0v) is 14.1. The molecule has 0 atom stereocenters. The van der Waals surface area contributed by atoms with E-state index in [0.29, 0.717) is 0 Å². The van der Waals surface area contributed by atoms with Gasteiger partial charge in [0, 0.05) is 20.2 Å². The summed E-state index contributed by atoms with van der Waals surface area (Å²) in [6.07, 6.45) is 0. The topological polar surface area (TPSA) is 29.1 Å². The van der Waals surface area contributed by atoms with Gasteiger partial charge in [0.25, 0.3) is 0 Å². The largest absolute Gasteiger partial charge is 0.325 e. The molecule has 0 aromatic heterocycles. The van der Waals surface area contributed by atoms with Crippen LogP contribution in [0, 0.1) is 8.99 Å². The fraction of sp³-hybridized carbons (Fsp3) is 0.235. The van der Waals surface area contributed by atoms with E-state index >= 15 is 0 Å². The Morgan fingerprint density at radius 2 is 1.70 bits per heavy atom. The van der Waals surface area contributed by atoms with Crippen molar-refractivity contribution in [2.75, 3.05) is 5.32 Å². The highest BCUT2D eigenvalue weighted by Crippen LogP contribution is 2.30. The van der Waals surface area contributed by atoms with Crippen LogP contribution >= 0.6 is 22.6 Å². The van der Waals surface area contributed by atoms with Crippen molar-refractivity contribution in [3.8, 4) is 11.1 Å². The maximum atomic E-state index is 12.2. The third kappa shape index (κ3) is 3.60. The van der Waals surface area contributed by atoms with Crippen molar-refractivity contribution in [3.05, 3.63) is 52.1 Å². The van der Waals surface area contributed by atoms with Gasteiger partial charge in [-0.05, 0) is 40.3 Å². The first-order valence-electron chi connectivity index (χ1n) is 6.54. The Balaban J connectivity index is 2.42. The van der Waals surface area contributed by atoms with Crippen molar-refractivity contribution in [1.82, 2.24) is 0 Å². The molecule has 2 nitrogen and oxygen atoms in total. The lowest BCUT2D eigenvalue weighted by atomic mass is 9.95. The SMILES string of the molecule is CC(C)(C)C(=O)Nc1cc(I)ccc1-c1ccccc1. The number of hydrogen-bond donors (Lipinski definition) is 1. The van der Waals surface area contributed by atoms with E-state index in [1.54, 1.807) is 0 Å². The first-order valence-corrected chi connectivity index (χ1v) is 7.62. The number of nitrogens with one attached hydrogen (secondary N) is 1. The first-order chi connectivity index (χ1) is 9.38. The van der Waals surface area contributed by atoms with E-state index in [4.69, 9.17) is 0 Å². The number of carbonyl (C=O) groups excluding carboxylic acids is 1. The quantitative estimate of drug-likeness (QED) is 0.736. The number of amides is 1. The lowest BCUT2D eigenvalue weighted by molar-refractivity contribution is -0.123. The molecule has 0 bridgehead atoms. The number of benzene rings is 2. The van der Waals surface area contributed by atoms with Gasteiger partial charge in [0.05, 0.1) is 0 Å². The summed E-state index contributed by atoms with van der Waals surface area (Å²) < 4.78 is 1.10. The third-order valence-electron chi connectivity index (χ3n) is 3.00. The average Bonchev–Trinajstić information content (AvgIpc) is 2.39. The number of anilines is 1. The highest BCUT2D eigenvalue weighted by atomic mass is 127. The molecule has 0 aliphatic rings. The molecule has 1 N–H and O–H groups in total. The normalized spacial score (nSPS) is 11.2. The fourth-order valence-electron chi connectivity index (χ4n) is 1.80. The maximum absolute atomic E-state index is 12.2. The molecule has 0 fully saturated rings. The van der Waals surface area contributed by atoms with E-state index in [9.17, 15) is 4.79 Å². The first kappa shape index (κ1) is 15.0. The zero-order valence-electron chi connectivity index (χ0n) is 11.9. The molecule has 0 unspecified atom stereocenters. The second-order valence-electron chi connectivity index (χ2n) is 5.76. The summed E-state index contributed by atoms with van der Waals surface area (Å²) in [7, 11) is 0. The Bertz CT molecular complexity index is 615. The Hall–Kier alpha value is -1.36. The lowest BCUT2D eigenvalue weighted by Crippen LogP contribution is -2.27. The molecule has 0 saturated heterocycles. The van der Waals surface area contributed by atoms with Gasteiger partial charge in [-0.15, -0.1) is 0 Å². The Kier molecular flexibility index (Phi) is 4.48. The minimum Gasteiger partial charge on any atom is -0.325 e. The van der Waals surface area contributed by atoms with E-state index in [-0.39, 0.29) is 5.91 Å². The molecule has 0 spiro atoms. The van der Waals surface area contributed by atoms with Crippen LogP contribution in [0.5, 0.6) is 0 Å². The van der Waals surface area contributed by atoms with Crippen molar-refractivity contribution in [2.45, 2.75) is 20.8 Å². The summed E-state index contributed by atoms with van der Waals surface area (Å²) in [5.41, 5.74) is 2.61. The van der Waals surface area contributed by atoms with Crippen LogP contribution in [0.25, 0.3) is 11.1 Å². The third-order valence-corrected chi connectivity index (χ3v) is 3.67. The minimum absolute atomic E-state index is 0.0247. The molecular weight excluding hydrogens is 361 g/mol. The lowest BCUT2D eigenvalue weighted by Gasteiger charge is -2.19. The van der Waals surface area contributed by atoms with E-state index in [1.165, 1.54) is 0 Å². The predicted octanol–water partition coefficient (Wildman–Crippen LogP) is 4.94. The van der Waals surface area contributed by atoms with Gasteiger partial charge in [-0.25, -0.2) is 0 Å². The van der Waals surface area contributed by atoms with Crippen molar-refractivity contribution in [2.24, 2.45) is 5.41 Å². The summed E-state index contributed by atoms with van der Waals surface area (Å²) in [6.45, 7) is 5.75. The molecule has 0 aliphatic heterocycles. The van der Waals surface area contributed by atoms with Crippen molar-refractivity contribution >= 4 is 34.2 Å². The summed E-state index contributed by atoms with van der Waals surface area (Å²) in [4.78, 5) is 12.2. The standard InChI is InChI=1S/C17H18INO/c1-17(2,3)16(20)19-15-11-13(18)9-10-14(15)12-7-5-4-6-8-12/h4-11H,1-3H3,(H,19,20). The van der Waals surface area contributed by atoms with E-state index in [1.807, 2.05) is 45.0 Å². The molecule has 104 valence electrons. The molecule has 0 aliphatic carbocycles. The van der Waals surface area contributed by atoms with Crippen LogP contribution in [0.2, 0.25) is 0 Å². The number of halogens is 1. The Morgan fingerprint density at radius 3 is 2.30 bits per heavy atom. The van der Waals surface area contributed by atoms with Gasteiger partial charge in [0.15, 0.2) is 0 Å². The predicted molar refractivity (Wildman–Crippen MR) is 92.7 cm³/mol. The monoisotopic (exact) mass is 379 g/mol. The smallest absolute Gasteiger partial charge is 0.229 e. The van der Waals surface area contributed by atoms with Crippen LogP contribution < -0.4 is 5.32 Å². The molecule has 2 rings (SSSR count). The van der Waals surface area contributed by atoms with Gasteiger partial charge in [0.1, 0.15) is 0 Å². The van der Waals surface area contributed by atoms with Gasteiger partial charge in [-0.1, -0.05) is 57.2 Å². The molecule has 0 saturated carbocycles. The van der Waals surface area contributed by atoms with Crippen molar-refractivity contribution in [3.63, 3.8) is 0 Å². The van der Waals surface area contributed by atoms with Gasteiger partial charge in [-0.2, -0.15) is 0 Å². The van der Waals surface area contributed by atoms with Crippen LogP contribution in [-0.4, -0.2) is 5.91 Å². The summed E-state index contributed by atoms with van der Waals surface area (Å²) in [6, 6.07) is 16.2. The molecule has 2 aromatic carbocycles. The van der Waals surface area contributed by atoms with Crippen LogP contribution in [0.3, 0.4) is 0 Å². The zero-order chi connectivity index (χ0) is 14.8. The van der Waals surface area contributed by atoms with E-state index in [2.05, 4.69) is 52.2 Å². The number of hydrogen-bond acceptors (Lipinski definition) is 1. The van der Waals surface area contributed by atoms with Crippen LogP contribution in [0.4, 0.5) is 5.69 Å². The summed E-state index contributed by atoms with van der Waals surface area (Å²) in [5, 5.41) is 3.05. The second kappa shape index (κ2) is 5.95. The molecule has 3 heteroatoms. The molecule has 0 radical (unpaired) electrons. The molecule has 20 heavy (non-hydrogen) atoms. The highest BCUT2D eigenvalue weighted by Gasteiger charge is 2.22. The fourth-order valence-corrected chi connectivity index (χ4v) is 2.29. The molecular formula is C17H18INO.